The third-order valence-electron chi connectivity index (χ3n) is 5.34. The first kappa shape index (κ1) is 22.0. The number of carbonyl (C=O) groups is 1. The normalized spacial score (nSPS) is 16.0. The third-order valence-corrected chi connectivity index (χ3v) is 6.92. The van der Waals surface area contributed by atoms with Gasteiger partial charge in [-0.15, -0.1) is 0 Å². The molecule has 0 radical (unpaired) electrons. The molecular weight excluding hydrogens is 425 g/mol. The number of amides is 2. The van der Waals surface area contributed by atoms with Crippen LogP contribution in [0.3, 0.4) is 0 Å². The highest BCUT2D eigenvalue weighted by atomic mass is 35.5. The van der Waals surface area contributed by atoms with Crippen molar-refractivity contribution >= 4 is 40.6 Å². The molecule has 154 valence electrons. The van der Waals surface area contributed by atoms with Gasteiger partial charge < -0.3 is 15.1 Å². The highest BCUT2D eigenvalue weighted by Gasteiger charge is 2.25. The molecule has 1 unspecified atom stereocenters. The van der Waals surface area contributed by atoms with Gasteiger partial charge in [0.2, 0.25) is 0 Å². The van der Waals surface area contributed by atoms with Crippen LogP contribution in [0.25, 0.3) is 0 Å². The molecule has 3 rings (SSSR count). The summed E-state index contributed by atoms with van der Waals surface area (Å²) in [5, 5.41) is 7.85. The van der Waals surface area contributed by atoms with Gasteiger partial charge in [0, 0.05) is 29.6 Å². The van der Waals surface area contributed by atoms with Crippen molar-refractivity contribution in [2.24, 2.45) is 0 Å². The molecule has 1 fully saturated rings. The number of benzene rings is 1. The van der Waals surface area contributed by atoms with Crippen molar-refractivity contribution in [3.8, 4) is 11.8 Å². The maximum absolute atomic E-state index is 12.7. The Bertz CT molecular complexity index is 912. The van der Waals surface area contributed by atoms with Crippen LogP contribution in [0, 0.1) is 11.8 Å². The molecule has 1 aliphatic rings. The van der Waals surface area contributed by atoms with Crippen LogP contribution in [0.4, 0.5) is 4.79 Å². The number of rotatable bonds is 3. The Kier molecular flexibility index (Phi) is 7.48. The van der Waals surface area contributed by atoms with Gasteiger partial charge in [0.15, 0.2) is 0 Å². The van der Waals surface area contributed by atoms with Gasteiger partial charge in [0.1, 0.15) is 0 Å². The highest BCUT2D eigenvalue weighted by Crippen LogP contribution is 2.33. The smallest absolute Gasteiger partial charge is 0.317 e. The lowest BCUT2D eigenvalue weighted by atomic mass is 10.0. The van der Waals surface area contributed by atoms with Gasteiger partial charge in [-0.3, -0.25) is 0 Å². The average molecular weight is 450 g/mol. The van der Waals surface area contributed by atoms with E-state index in [1.54, 1.807) is 16.2 Å². The molecule has 4 nitrogen and oxygen atoms in total. The van der Waals surface area contributed by atoms with Gasteiger partial charge in [-0.2, -0.15) is 11.3 Å². The maximum Gasteiger partial charge on any atom is 0.317 e. The lowest BCUT2D eigenvalue weighted by molar-refractivity contribution is 0.146. The molecule has 2 aromatic rings. The van der Waals surface area contributed by atoms with Gasteiger partial charge >= 0.3 is 6.03 Å². The molecule has 0 bridgehead atoms. The Hall–Kier alpha value is -1.71. The van der Waals surface area contributed by atoms with Gasteiger partial charge in [0.25, 0.3) is 0 Å². The number of urea groups is 1. The molecular formula is C22H25Cl2N3OS. The van der Waals surface area contributed by atoms with Gasteiger partial charge in [-0.25, -0.2) is 4.79 Å². The second kappa shape index (κ2) is 9.86. The molecule has 0 aliphatic carbocycles. The lowest BCUT2D eigenvalue weighted by Crippen LogP contribution is -2.48. The van der Waals surface area contributed by atoms with Crippen LogP contribution in [0.5, 0.6) is 0 Å². The zero-order valence-corrected chi connectivity index (χ0v) is 19.2. The number of hydrogen-bond donors (Lipinski definition) is 1. The summed E-state index contributed by atoms with van der Waals surface area (Å²) in [7, 11) is 3.97. The minimum Gasteiger partial charge on any atom is -0.331 e. The zero-order chi connectivity index (χ0) is 21.0. The summed E-state index contributed by atoms with van der Waals surface area (Å²) in [6.45, 7) is 3.93. The minimum absolute atomic E-state index is 0.0967. The van der Waals surface area contributed by atoms with Crippen LogP contribution >= 0.6 is 34.5 Å². The summed E-state index contributed by atoms with van der Waals surface area (Å²) in [6, 6.07) is 5.59. The van der Waals surface area contributed by atoms with Crippen LogP contribution in [-0.2, 0) is 0 Å². The van der Waals surface area contributed by atoms with Crippen molar-refractivity contribution in [3.05, 3.63) is 55.7 Å². The van der Waals surface area contributed by atoms with E-state index in [4.69, 9.17) is 23.2 Å². The second-order valence-corrected chi connectivity index (χ2v) is 8.94. The predicted octanol–water partition coefficient (Wildman–Crippen LogP) is 5.25. The van der Waals surface area contributed by atoms with E-state index < -0.39 is 0 Å². The molecule has 1 aromatic heterocycles. The first-order chi connectivity index (χ1) is 13.9. The van der Waals surface area contributed by atoms with Crippen molar-refractivity contribution < 1.29 is 4.79 Å². The predicted molar refractivity (Wildman–Crippen MR) is 122 cm³/mol. The summed E-state index contributed by atoms with van der Waals surface area (Å²) in [5.74, 6) is 6.15. The monoisotopic (exact) mass is 449 g/mol. The summed E-state index contributed by atoms with van der Waals surface area (Å²) < 4.78 is 0. The van der Waals surface area contributed by atoms with Crippen molar-refractivity contribution in [1.29, 1.82) is 0 Å². The number of piperidine rings is 1. The number of likely N-dealkylation sites (tertiary alicyclic amines) is 1. The van der Waals surface area contributed by atoms with Gasteiger partial charge in [-0.05, 0) is 63.0 Å². The summed E-state index contributed by atoms with van der Waals surface area (Å²) in [5.41, 5.74) is 2.40. The lowest BCUT2D eigenvalue weighted by Gasteiger charge is -2.35. The number of nitrogens with one attached hydrogen (secondary N) is 1. The largest absolute Gasteiger partial charge is 0.331 e. The Morgan fingerprint density at radius 1 is 1.24 bits per heavy atom. The summed E-state index contributed by atoms with van der Waals surface area (Å²) in [4.78, 5) is 16.8. The SMILES string of the molecule is CC(NC(=O)N(C)C1CCN(C)CC1)c1ccc(C#Cc2ccsc2)c(Cl)c1Cl. The van der Waals surface area contributed by atoms with Crippen LogP contribution in [-0.4, -0.2) is 49.1 Å². The number of carbonyl (C=O) groups excluding carboxylic acids is 1. The van der Waals surface area contributed by atoms with Crippen LogP contribution < -0.4 is 5.32 Å². The van der Waals surface area contributed by atoms with E-state index in [1.165, 1.54) is 0 Å². The van der Waals surface area contributed by atoms with E-state index in [2.05, 4.69) is 29.1 Å². The van der Waals surface area contributed by atoms with E-state index in [0.29, 0.717) is 15.6 Å². The first-order valence-corrected chi connectivity index (χ1v) is 11.3. The Morgan fingerprint density at radius 3 is 2.62 bits per heavy atom. The van der Waals surface area contributed by atoms with E-state index in [1.807, 2.05) is 42.9 Å². The Morgan fingerprint density at radius 2 is 1.97 bits per heavy atom. The molecule has 1 atom stereocenters. The van der Waals surface area contributed by atoms with Crippen molar-refractivity contribution in [3.63, 3.8) is 0 Å². The fourth-order valence-corrected chi connectivity index (χ4v) is 4.52. The fraction of sp³-hybridized carbons (Fsp3) is 0.409. The molecule has 2 heterocycles. The van der Waals surface area contributed by atoms with Gasteiger partial charge in [0.05, 0.1) is 16.1 Å². The molecule has 7 heteroatoms. The Balaban J connectivity index is 1.68. The number of hydrogen-bond acceptors (Lipinski definition) is 3. The zero-order valence-electron chi connectivity index (χ0n) is 16.8. The molecule has 1 N–H and O–H groups in total. The number of halogens is 2. The number of thiophene rings is 1. The molecule has 0 spiro atoms. The molecule has 1 aliphatic heterocycles. The first-order valence-electron chi connectivity index (χ1n) is 9.60. The van der Waals surface area contributed by atoms with Crippen LogP contribution in [0.1, 0.15) is 42.5 Å². The standard InChI is InChI=1S/C22H25Cl2N3OS/c1-15(25-22(28)27(3)18-8-11-26(2)12-9-18)19-7-6-17(20(23)21(19)24)5-4-16-10-13-29-14-16/h6-7,10,13-15,18H,8-9,11-12H2,1-3H3,(H,25,28). The minimum atomic E-state index is -0.264. The Labute approximate surface area is 186 Å². The third kappa shape index (κ3) is 5.46. The van der Waals surface area contributed by atoms with Gasteiger partial charge in [-0.1, -0.05) is 41.1 Å². The second-order valence-electron chi connectivity index (χ2n) is 7.41. The molecule has 29 heavy (non-hydrogen) atoms. The van der Waals surface area contributed by atoms with E-state index in [9.17, 15) is 4.79 Å². The van der Waals surface area contributed by atoms with E-state index >= 15 is 0 Å². The summed E-state index contributed by atoms with van der Waals surface area (Å²) >= 11 is 14.6. The van der Waals surface area contributed by atoms with Crippen LogP contribution in [0.15, 0.2) is 29.0 Å². The molecule has 1 saturated heterocycles. The van der Waals surface area contributed by atoms with Crippen LogP contribution in [0.2, 0.25) is 10.0 Å². The van der Waals surface area contributed by atoms with Crippen molar-refractivity contribution in [2.45, 2.75) is 31.8 Å². The summed E-state index contributed by atoms with van der Waals surface area (Å²) in [6.07, 6.45) is 1.97. The average Bonchev–Trinajstić information content (AvgIpc) is 3.22. The molecule has 0 saturated carbocycles. The van der Waals surface area contributed by atoms with Crippen molar-refractivity contribution in [1.82, 2.24) is 15.1 Å². The van der Waals surface area contributed by atoms with E-state index in [-0.39, 0.29) is 18.1 Å². The quantitative estimate of drug-likeness (QED) is 0.649. The molecule has 2 amide bonds. The van der Waals surface area contributed by atoms with E-state index in [0.717, 1.165) is 37.1 Å². The highest BCUT2D eigenvalue weighted by molar-refractivity contribution is 7.08. The number of nitrogens with zero attached hydrogens (tertiary/aromatic N) is 2. The fourth-order valence-electron chi connectivity index (χ4n) is 3.38. The topological polar surface area (TPSA) is 35.6 Å². The van der Waals surface area contributed by atoms with Crippen molar-refractivity contribution in [2.75, 3.05) is 27.2 Å². The maximum atomic E-state index is 12.7. The molecule has 1 aromatic carbocycles.